The van der Waals surface area contributed by atoms with Crippen LogP contribution in [0.5, 0.6) is 0 Å². The molecule has 0 saturated carbocycles. The Morgan fingerprint density at radius 3 is 2.06 bits per heavy atom. The van der Waals surface area contributed by atoms with Crippen LogP contribution >= 0.6 is 31.1 Å². The van der Waals surface area contributed by atoms with Crippen LogP contribution in [0.25, 0.3) is 10.8 Å². The highest BCUT2D eigenvalue weighted by molar-refractivity contribution is 8.13. The zero-order chi connectivity index (χ0) is 51.8. The van der Waals surface area contributed by atoms with Crippen LogP contribution in [0.3, 0.4) is 0 Å². The second kappa shape index (κ2) is 24.5. The molecule has 3 aromatic carbocycles. The molecule has 13 nitrogen and oxygen atoms in total. The Balaban J connectivity index is 1.22. The Labute approximate surface area is 417 Å². The van der Waals surface area contributed by atoms with Crippen molar-refractivity contribution in [2.75, 3.05) is 57.4 Å². The summed E-state index contributed by atoms with van der Waals surface area (Å²) in [5, 5.41) is 12.7. The Hall–Kier alpha value is -4.45. The van der Waals surface area contributed by atoms with Crippen LogP contribution in [0, 0.1) is 40.7 Å². The molecule has 3 fully saturated rings. The van der Waals surface area contributed by atoms with Gasteiger partial charge in [0.2, 0.25) is 11.8 Å². The van der Waals surface area contributed by atoms with Crippen LogP contribution in [0.15, 0.2) is 54.6 Å². The lowest BCUT2D eigenvalue weighted by Crippen LogP contribution is -2.61. The third-order valence-corrected chi connectivity index (χ3v) is 16.2. The minimum Gasteiger partial charge on any atom is -0.339 e. The molecule has 5 atom stereocenters. The van der Waals surface area contributed by atoms with Crippen molar-refractivity contribution >= 4 is 69.8 Å². The van der Waals surface area contributed by atoms with Gasteiger partial charge in [-0.05, 0) is 77.8 Å². The number of hydrogen-bond acceptors (Lipinski definition) is 12. The predicted molar refractivity (Wildman–Crippen MR) is 258 cm³/mol. The van der Waals surface area contributed by atoms with Gasteiger partial charge in [-0.25, -0.2) is 17.6 Å². The summed E-state index contributed by atoms with van der Waals surface area (Å²) >= 11 is 1.69. The van der Waals surface area contributed by atoms with Crippen LogP contribution < -0.4 is 5.32 Å². The number of nitrogens with zero attached hydrogens (tertiary/aromatic N) is 4. The van der Waals surface area contributed by atoms with E-state index in [0.29, 0.717) is 17.9 Å². The van der Waals surface area contributed by atoms with Gasteiger partial charge in [-0.15, -0.1) is 0 Å². The smallest absolute Gasteiger partial charge is 0.339 e. The van der Waals surface area contributed by atoms with Gasteiger partial charge in [0, 0.05) is 79.7 Å². The highest BCUT2D eigenvalue weighted by Gasteiger charge is 2.55. The number of carbonyl (C=O) groups is 5. The molecular weight excluding hydrogens is 996 g/mol. The summed E-state index contributed by atoms with van der Waals surface area (Å²) in [5.41, 5.74) is -4.98. The summed E-state index contributed by atoms with van der Waals surface area (Å²) in [4.78, 5) is 71.6. The summed E-state index contributed by atoms with van der Waals surface area (Å²) in [6, 6.07) is 9.38. The molecular formula is C49H58F6N5O8PS2. The molecule has 0 bridgehead atoms. The van der Waals surface area contributed by atoms with E-state index in [4.69, 9.17) is 9.05 Å². The van der Waals surface area contributed by atoms with Gasteiger partial charge in [0.05, 0.1) is 31.7 Å². The number of benzene rings is 3. The minimum absolute atomic E-state index is 0.0571. The van der Waals surface area contributed by atoms with Gasteiger partial charge in [-0.1, -0.05) is 69.4 Å². The zero-order valence-corrected chi connectivity index (χ0v) is 42.3. The monoisotopic (exact) mass is 1050 g/mol. The molecule has 0 unspecified atom stereocenters. The van der Waals surface area contributed by atoms with E-state index >= 15 is 8.78 Å². The van der Waals surface area contributed by atoms with E-state index in [0.717, 1.165) is 47.8 Å². The molecule has 6 rings (SSSR count). The van der Waals surface area contributed by atoms with Crippen LogP contribution in [-0.4, -0.2) is 125 Å². The summed E-state index contributed by atoms with van der Waals surface area (Å²) in [6.07, 6.45) is -1.56. The number of thioether (sulfide) groups is 2. The number of nitrogens with one attached hydrogen (secondary N) is 1. The summed E-state index contributed by atoms with van der Waals surface area (Å²) in [5.74, 6) is -5.38. The lowest BCUT2D eigenvalue weighted by molar-refractivity contribution is -0.147. The standard InChI is InChI=1S/C49H58F6N5O8PS2/c1-29(2)17-44(61)70-15-13-67-69(66,68-14-16-71-45(62)18-30(3)4)49(54,55)36-8-7-31-5-6-32(19-33(31)20-36)46(63)57-41-27-58(28-43(52)53)12-11-39-9-10-42(60(39)47(41)64)48(65)59-25-35(24-56)40(26-59)34-21-37(50)23-38(51)22-34/h5-8,19-23,29-30,35,39-43H,9-18,25-28H2,1-4H3,(H,57,63)/t35-,39+,40+,41-,42-/m0/s1. The second-order valence-corrected chi connectivity index (χ2v) is 23.2. The van der Waals surface area contributed by atoms with Crippen LogP contribution in [0.4, 0.5) is 26.3 Å². The van der Waals surface area contributed by atoms with E-state index < -0.39 is 104 Å². The van der Waals surface area contributed by atoms with Crippen LogP contribution in [-0.2, 0) is 38.5 Å². The highest BCUT2D eigenvalue weighted by Crippen LogP contribution is 2.67. The molecule has 3 aliphatic heterocycles. The molecule has 0 aliphatic carbocycles. The number of fused-ring (bicyclic) bond motifs is 2. The first-order valence-corrected chi connectivity index (χ1v) is 27.0. The maximum absolute atomic E-state index is 16.6. The first-order valence-electron chi connectivity index (χ1n) is 23.5. The van der Waals surface area contributed by atoms with Gasteiger partial charge >= 0.3 is 13.3 Å². The zero-order valence-electron chi connectivity index (χ0n) is 39.8. The van der Waals surface area contributed by atoms with Crippen molar-refractivity contribution in [3.63, 3.8) is 0 Å². The van der Waals surface area contributed by atoms with Crippen molar-refractivity contribution in [1.29, 1.82) is 5.26 Å². The minimum atomic E-state index is -5.37. The van der Waals surface area contributed by atoms with Crippen molar-refractivity contribution in [2.24, 2.45) is 17.8 Å². The molecule has 0 spiro atoms. The molecule has 71 heavy (non-hydrogen) atoms. The summed E-state index contributed by atoms with van der Waals surface area (Å²) in [7, 11) is -5.37. The van der Waals surface area contributed by atoms with Crippen molar-refractivity contribution in [1.82, 2.24) is 20.0 Å². The fraction of sp³-hybridized carbons (Fsp3) is 0.551. The quantitative estimate of drug-likeness (QED) is 0.0649. The lowest BCUT2D eigenvalue weighted by atomic mass is 9.90. The number of nitriles is 1. The molecule has 3 aliphatic rings. The third kappa shape index (κ3) is 14.2. The van der Waals surface area contributed by atoms with Gasteiger partial charge in [0.15, 0.2) is 10.2 Å². The number of rotatable bonds is 20. The molecule has 0 aromatic heterocycles. The summed E-state index contributed by atoms with van der Waals surface area (Å²) in [6.45, 7) is 5.22. The van der Waals surface area contributed by atoms with E-state index in [1.54, 1.807) is 0 Å². The number of amides is 3. The number of carbonyl (C=O) groups excluding carboxylic acids is 5. The normalized spacial score (nSPS) is 21.2. The largest absolute Gasteiger partial charge is 0.404 e. The molecule has 386 valence electrons. The summed E-state index contributed by atoms with van der Waals surface area (Å²) < 4.78 is 114. The van der Waals surface area contributed by atoms with E-state index in [-0.39, 0.29) is 102 Å². The van der Waals surface area contributed by atoms with Crippen LogP contribution in [0.1, 0.15) is 87.2 Å². The number of likely N-dealkylation sites (tertiary alicyclic amines) is 1. The van der Waals surface area contributed by atoms with Crippen molar-refractivity contribution in [2.45, 2.75) is 95.9 Å². The first kappa shape index (κ1) is 55.9. The van der Waals surface area contributed by atoms with Crippen molar-refractivity contribution in [3.8, 4) is 6.07 Å². The number of hydrogen-bond donors (Lipinski definition) is 1. The SMILES string of the molecule is CC(C)CC(=O)SCCOP(=O)(OCCSC(=O)CC(C)C)C(F)(F)c1ccc2ccc(C(=O)N[C@H]3CN(CC(F)F)CC[C@H]4CC[C@@H](C(=O)N5C[C@H](c6cc(F)cc(F)c6)[C@@H](C#N)C5)N4C3=O)cc2c1. The highest BCUT2D eigenvalue weighted by atomic mass is 32.2. The van der Waals surface area contributed by atoms with Gasteiger partial charge in [0.1, 0.15) is 23.7 Å². The average molecular weight is 1050 g/mol. The lowest BCUT2D eigenvalue weighted by Gasteiger charge is -2.39. The van der Waals surface area contributed by atoms with Gasteiger partial charge in [0.25, 0.3) is 12.3 Å². The Kier molecular flexibility index (Phi) is 19.3. The first-order chi connectivity index (χ1) is 33.6. The van der Waals surface area contributed by atoms with Crippen LogP contribution in [0.2, 0.25) is 0 Å². The molecule has 3 heterocycles. The Morgan fingerprint density at radius 2 is 1.46 bits per heavy atom. The molecule has 22 heteroatoms. The Morgan fingerprint density at radius 1 is 0.845 bits per heavy atom. The maximum atomic E-state index is 16.6. The van der Waals surface area contributed by atoms with E-state index in [2.05, 4.69) is 11.4 Å². The number of halogens is 6. The van der Waals surface area contributed by atoms with Gasteiger partial charge < -0.3 is 24.2 Å². The fourth-order valence-electron chi connectivity index (χ4n) is 9.19. The van der Waals surface area contributed by atoms with E-state index in [1.807, 2.05) is 27.7 Å². The molecule has 3 aromatic rings. The van der Waals surface area contributed by atoms with Gasteiger partial charge in [-0.3, -0.25) is 33.4 Å². The van der Waals surface area contributed by atoms with Crippen molar-refractivity contribution < 1.29 is 63.9 Å². The molecule has 0 radical (unpaired) electrons. The molecule has 3 saturated heterocycles. The second-order valence-electron chi connectivity index (χ2n) is 18.9. The van der Waals surface area contributed by atoms with Gasteiger partial charge in [-0.2, -0.15) is 14.0 Å². The predicted octanol–water partition coefficient (Wildman–Crippen LogP) is 9.20. The third-order valence-electron chi connectivity index (χ3n) is 12.5. The number of alkyl halides is 4. The van der Waals surface area contributed by atoms with E-state index in [1.165, 1.54) is 39.0 Å². The maximum Gasteiger partial charge on any atom is 0.404 e. The van der Waals surface area contributed by atoms with E-state index in [9.17, 15) is 51.4 Å². The average Bonchev–Trinajstić information content (AvgIpc) is 3.93. The Bertz CT molecular complexity index is 2480. The van der Waals surface area contributed by atoms with Crippen molar-refractivity contribution in [3.05, 3.63) is 82.9 Å². The fourth-order valence-corrected chi connectivity index (χ4v) is 12.6. The molecule has 1 N–H and O–H groups in total. The molecule has 3 amide bonds. The topological polar surface area (TPSA) is 166 Å².